The molecule has 0 aliphatic carbocycles. The van der Waals surface area contributed by atoms with E-state index in [9.17, 15) is 4.79 Å². The van der Waals surface area contributed by atoms with Gasteiger partial charge in [0.1, 0.15) is 5.69 Å². The first-order valence-electron chi connectivity index (χ1n) is 6.30. The molecule has 1 heterocycles. The molecule has 0 spiro atoms. The minimum atomic E-state index is -0.177. The number of rotatable bonds is 6. The maximum Gasteiger partial charge on any atom is 0.271 e. The van der Waals surface area contributed by atoms with Gasteiger partial charge < -0.3 is 10.4 Å². The van der Waals surface area contributed by atoms with Gasteiger partial charge >= 0.3 is 0 Å². The molecule has 3 N–H and O–H groups in total. The van der Waals surface area contributed by atoms with Crippen LogP contribution < -0.4 is 5.32 Å². The lowest BCUT2D eigenvalue weighted by molar-refractivity contribution is 0.0923. The number of nitrogens with zero attached hydrogens (tertiary/aromatic N) is 1. The topological polar surface area (TPSA) is 78.0 Å². The number of hydrogen-bond acceptors (Lipinski definition) is 3. The molecule has 0 atom stereocenters. The van der Waals surface area contributed by atoms with E-state index in [2.05, 4.69) is 15.5 Å². The summed E-state index contributed by atoms with van der Waals surface area (Å²) < 4.78 is 0. The van der Waals surface area contributed by atoms with Crippen LogP contribution >= 0.6 is 0 Å². The molecule has 0 bridgehead atoms. The Morgan fingerprint density at radius 3 is 2.72 bits per heavy atom. The predicted molar refractivity (Wildman–Crippen MR) is 70.5 cm³/mol. The van der Waals surface area contributed by atoms with Gasteiger partial charge in [-0.05, 0) is 23.8 Å². The second-order valence-corrected chi connectivity index (χ2v) is 5.68. The summed E-state index contributed by atoms with van der Waals surface area (Å²) in [5, 5.41) is 18.6. The number of aliphatic hydroxyl groups is 1. The van der Waals surface area contributed by atoms with Crippen LogP contribution in [0.5, 0.6) is 0 Å². The van der Waals surface area contributed by atoms with Crippen LogP contribution in [0.3, 0.4) is 0 Å². The van der Waals surface area contributed by atoms with Crippen molar-refractivity contribution in [3.05, 3.63) is 17.5 Å². The van der Waals surface area contributed by atoms with E-state index >= 15 is 0 Å². The summed E-state index contributed by atoms with van der Waals surface area (Å²) in [4.78, 5) is 11.9. The molecular weight excluding hydrogens is 230 g/mol. The number of H-pyrrole nitrogens is 1. The highest BCUT2D eigenvalue weighted by molar-refractivity contribution is 5.92. The molecule has 1 aromatic rings. The number of aromatic amines is 1. The van der Waals surface area contributed by atoms with Crippen molar-refractivity contribution in [2.24, 2.45) is 5.41 Å². The van der Waals surface area contributed by atoms with Gasteiger partial charge in [-0.25, -0.2) is 0 Å². The van der Waals surface area contributed by atoms with Crippen molar-refractivity contribution in [1.29, 1.82) is 0 Å². The van der Waals surface area contributed by atoms with Gasteiger partial charge in [0.15, 0.2) is 0 Å². The summed E-state index contributed by atoms with van der Waals surface area (Å²) in [7, 11) is 0. The molecular formula is C13H23N3O2. The molecule has 102 valence electrons. The summed E-state index contributed by atoms with van der Waals surface area (Å²) in [6.07, 6.45) is 0.658. The molecule has 0 radical (unpaired) electrons. The van der Waals surface area contributed by atoms with Crippen LogP contribution in [0.1, 0.15) is 56.2 Å². The molecule has 1 amide bonds. The van der Waals surface area contributed by atoms with Gasteiger partial charge in [-0.1, -0.05) is 27.7 Å². The summed E-state index contributed by atoms with van der Waals surface area (Å²) in [5.74, 6) is 0.147. The highest BCUT2D eigenvalue weighted by Crippen LogP contribution is 2.18. The van der Waals surface area contributed by atoms with Crippen LogP contribution in [0.2, 0.25) is 0 Å². The van der Waals surface area contributed by atoms with Crippen LogP contribution in [0.25, 0.3) is 0 Å². The van der Waals surface area contributed by atoms with Crippen molar-refractivity contribution in [2.45, 2.75) is 40.0 Å². The summed E-state index contributed by atoms with van der Waals surface area (Å²) in [5.41, 5.74) is 1.26. The SMILES string of the molecule is CC(C)c1cc(C(=O)NCC(C)(C)CCO)n[nH]1. The first kappa shape index (κ1) is 14.7. The Morgan fingerprint density at radius 1 is 1.56 bits per heavy atom. The van der Waals surface area contributed by atoms with Gasteiger partial charge in [-0.15, -0.1) is 0 Å². The number of nitrogens with one attached hydrogen (secondary N) is 2. The first-order valence-corrected chi connectivity index (χ1v) is 6.30. The third-order valence-electron chi connectivity index (χ3n) is 2.97. The normalized spacial score (nSPS) is 11.9. The smallest absolute Gasteiger partial charge is 0.271 e. The zero-order valence-electron chi connectivity index (χ0n) is 11.6. The summed E-state index contributed by atoms with van der Waals surface area (Å²) in [6.45, 7) is 8.75. The molecule has 0 fully saturated rings. The Morgan fingerprint density at radius 2 is 2.22 bits per heavy atom. The quantitative estimate of drug-likeness (QED) is 0.721. The summed E-state index contributed by atoms with van der Waals surface area (Å²) >= 11 is 0. The molecule has 0 aromatic carbocycles. The van der Waals surface area contributed by atoms with E-state index in [1.807, 2.05) is 27.7 Å². The summed E-state index contributed by atoms with van der Waals surface area (Å²) in [6, 6.07) is 1.78. The molecule has 0 aliphatic heterocycles. The van der Waals surface area contributed by atoms with Gasteiger partial charge in [0.25, 0.3) is 5.91 Å². The number of carbonyl (C=O) groups excluding carboxylic acids is 1. The molecule has 18 heavy (non-hydrogen) atoms. The maximum absolute atomic E-state index is 11.9. The highest BCUT2D eigenvalue weighted by Gasteiger charge is 2.19. The lowest BCUT2D eigenvalue weighted by atomic mass is 9.90. The Hall–Kier alpha value is -1.36. The van der Waals surface area contributed by atoms with E-state index in [1.54, 1.807) is 6.07 Å². The molecule has 1 aromatic heterocycles. The van der Waals surface area contributed by atoms with Gasteiger partial charge in [0.2, 0.25) is 0 Å². The number of amides is 1. The third-order valence-corrected chi connectivity index (χ3v) is 2.97. The molecule has 5 heteroatoms. The zero-order chi connectivity index (χ0) is 13.8. The van der Waals surface area contributed by atoms with Gasteiger partial charge in [-0.2, -0.15) is 5.10 Å². The fourth-order valence-corrected chi connectivity index (χ4v) is 1.55. The minimum Gasteiger partial charge on any atom is -0.396 e. The monoisotopic (exact) mass is 253 g/mol. The van der Waals surface area contributed by atoms with Crippen LogP contribution in [0.15, 0.2) is 6.07 Å². The molecule has 0 aliphatic rings. The highest BCUT2D eigenvalue weighted by atomic mass is 16.3. The van der Waals surface area contributed by atoms with Crippen molar-refractivity contribution in [2.75, 3.05) is 13.2 Å². The second-order valence-electron chi connectivity index (χ2n) is 5.68. The Kier molecular flexibility index (Phi) is 4.90. The van der Waals surface area contributed by atoms with Crippen molar-refractivity contribution in [1.82, 2.24) is 15.5 Å². The predicted octanol–water partition coefficient (Wildman–Crippen LogP) is 1.67. The Balaban J connectivity index is 2.55. The molecule has 1 rings (SSSR count). The van der Waals surface area contributed by atoms with Crippen molar-refractivity contribution in [3.8, 4) is 0 Å². The maximum atomic E-state index is 11.9. The van der Waals surface area contributed by atoms with E-state index in [0.717, 1.165) is 5.69 Å². The number of aliphatic hydroxyl groups excluding tert-OH is 1. The van der Waals surface area contributed by atoms with E-state index in [-0.39, 0.29) is 17.9 Å². The van der Waals surface area contributed by atoms with Crippen LogP contribution in [-0.4, -0.2) is 34.4 Å². The Labute approximate surface area is 108 Å². The number of carbonyl (C=O) groups is 1. The molecule has 0 unspecified atom stereocenters. The third kappa shape index (κ3) is 4.14. The number of aromatic nitrogens is 2. The van der Waals surface area contributed by atoms with E-state index in [1.165, 1.54) is 0 Å². The molecule has 0 saturated heterocycles. The first-order chi connectivity index (χ1) is 8.35. The van der Waals surface area contributed by atoms with Crippen LogP contribution in [0, 0.1) is 5.41 Å². The zero-order valence-corrected chi connectivity index (χ0v) is 11.6. The lowest BCUT2D eigenvalue weighted by Gasteiger charge is -2.23. The van der Waals surface area contributed by atoms with Crippen LogP contribution in [0.4, 0.5) is 0 Å². The fourth-order valence-electron chi connectivity index (χ4n) is 1.55. The van der Waals surface area contributed by atoms with Crippen molar-refractivity contribution >= 4 is 5.91 Å². The van der Waals surface area contributed by atoms with Crippen molar-refractivity contribution in [3.63, 3.8) is 0 Å². The van der Waals surface area contributed by atoms with Crippen LogP contribution in [-0.2, 0) is 0 Å². The Bertz CT molecular complexity index is 397. The van der Waals surface area contributed by atoms with Gasteiger partial charge in [0, 0.05) is 18.8 Å². The van der Waals surface area contributed by atoms with E-state index in [4.69, 9.17) is 5.11 Å². The van der Waals surface area contributed by atoms with Gasteiger partial charge in [0.05, 0.1) is 0 Å². The van der Waals surface area contributed by atoms with Gasteiger partial charge in [-0.3, -0.25) is 9.89 Å². The number of hydrogen-bond donors (Lipinski definition) is 3. The average Bonchev–Trinajstić information content (AvgIpc) is 2.75. The molecule has 5 nitrogen and oxygen atoms in total. The van der Waals surface area contributed by atoms with Crippen molar-refractivity contribution < 1.29 is 9.90 Å². The largest absolute Gasteiger partial charge is 0.396 e. The lowest BCUT2D eigenvalue weighted by Crippen LogP contribution is -2.34. The standard InChI is InChI=1S/C13H23N3O2/c1-9(2)10-7-11(16-15-10)12(18)14-8-13(3,4)5-6-17/h7,9,17H,5-6,8H2,1-4H3,(H,14,18)(H,15,16). The average molecular weight is 253 g/mol. The molecule has 0 saturated carbocycles. The fraction of sp³-hybridized carbons (Fsp3) is 0.692. The second kappa shape index (κ2) is 6.00. The minimum absolute atomic E-state index is 0.110. The van der Waals surface area contributed by atoms with E-state index < -0.39 is 0 Å². The van der Waals surface area contributed by atoms with E-state index in [0.29, 0.717) is 24.6 Å².